The second-order valence-electron chi connectivity index (χ2n) is 4.38. The predicted octanol–water partition coefficient (Wildman–Crippen LogP) is 0.964. The van der Waals surface area contributed by atoms with Crippen LogP contribution in [0.25, 0.3) is 0 Å². The van der Waals surface area contributed by atoms with Crippen molar-refractivity contribution in [3.8, 4) is 0 Å². The fraction of sp³-hybridized carbons (Fsp3) is 0.900. The molecular formula is C10H21N3O. The van der Waals surface area contributed by atoms with Crippen molar-refractivity contribution in [3.63, 3.8) is 0 Å². The van der Waals surface area contributed by atoms with Gasteiger partial charge in [-0.15, -0.1) is 0 Å². The van der Waals surface area contributed by atoms with Crippen LogP contribution in [0.1, 0.15) is 39.5 Å². The molecule has 1 rings (SSSR count). The summed E-state index contributed by atoms with van der Waals surface area (Å²) in [7, 11) is 0. The van der Waals surface area contributed by atoms with Gasteiger partial charge in [-0.05, 0) is 39.5 Å². The van der Waals surface area contributed by atoms with E-state index in [1.54, 1.807) is 0 Å². The van der Waals surface area contributed by atoms with E-state index in [-0.39, 0.29) is 12.1 Å². The first-order chi connectivity index (χ1) is 6.58. The maximum absolute atomic E-state index is 11.3. The van der Waals surface area contributed by atoms with E-state index in [2.05, 4.69) is 10.6 Å². The van der Waals surface area contributed by atoms with Crippen LogP contribution in [0.15, 0.2) is 0 Å². The Hall–Kier alpha value is -0.770. The Labute approximate surface area is 85.6 Å². The minimum atomic E-state index is -0.0551. The average molecular weight is 199 g/mol. The Morgan fingerprint density at radius 1 is 1.29 bits per heavy atom. The summed E-state index contributed by atoms with van der Waals surface area (Å²) in [6.07, 6.45) is 4.05. The van der Waals surface area contributed by atoms with Crippen molar-refractivity contribution in [2.75, 3.05) is 0 Å². The lowest BCUT2D eigenvalue weighted by atomic mass is 9.92. The van der Waals surface area contributed by atoms with Crippen molar-refractivity contribution in [2.45, 2.75) is 57.7 Å². The molecule has 1 fully saturated rings. The Kier molecular flexibility index (Phi) is 4.20. The third-order valence-corrected chi connectivity index (χ3v) is 2.53. The van der Waals surface area contributed by atoms with Crippen LogP contribution in [0.5, 0.6) is 0 Å². The zero-order valence-electron chi connectivity index (χ0n) is 9.05. The van der Waals surface area contributed by atoms with Crippen LogP contribution in [-0.2, 0) is 0 Å². The van der Waals surface area contributed by atoms with Gasteiger partial charge in [-0.2, -0.15) is 0 Å². The Morgan fingerprint density at radius 3 is 2.36 bits per heavy atom. The number of carbonyl (C=O) groups is 1. The first kappa shape index (κ1) is 11.3. The highest BCUT2D eigenvalue weighted by Crippen LogP contribution is 2.16. The molecule has 4 nitrogen and oxygen atoms in total. The first-order valence-corrected chi connectivity index (χ1v) is 5.40. The van der Waals surface area contributed by atoms with Crippen molar-refractivity contribution in [1.29, 1.82) is 0 Å². The van der Waals surface area contributed by atoms with Crippen molar-refractivity contribution < 1.29 is 4.79 Å². The molecule has 0 aliphatic heterocycles. The molecule has 0 radical (unpaired) electrons. The number of hydrogen-bond acceptors (Lipinski definition) is 2. The highest BCUT2D eigenvalue weighted by atomic mass is 16.2. The van der Waals surface area contributed by atoms with Crippen LogP contribution < -0.4 is 16.4 Å². The standard InChI is InChI=1S/C10H21N3O/c1-7(2)12-10(14)13-9-5-3-8(11)4-6-9/h7-9H,3-6,11H2,1-2H3,(H2,12,13,14). The maximum Gasteiger partial charge on any atom is 0.315 e. The summed E-state index contributed by atoms with van der Waals surface area (Å²) in [5, 5.41) is 5.79. The summed E-state index contributed by atoms with van der Waals surface area (Å²) >= 11 is 0. The van der Waals surface area contributed by atoms with Crippen LogP contribution in [0, 0.1) is 0 Å². The van der Waals surface area contributed by atoms with Crippen molar-refractivity contribution >= 4 is 6.03 Å². The van der Waals surface area contributed by atoms with Gasteiger partial charge in [0.2, 0.25) is 0 Å². The minimum Gasteiger partial charge on any atom is -0.336 e. The number of carbonyl (C=O) groups excluding carboxylic acids is 1. The quantitative estimate of drug-likeness (QED) is 0.620. The van der Waals surface area contributed by atoms with Crippen molar-refractivity contribution in [3.05, 3.63) is 0 Å². The van der Waals surface area contributed by atoms with E-state index >= 15 is 0 Å². The predicted molar refractivity (Wildman–Crippen MR) is 57.0 cm³/mol. The molecule has 0 aromatic rings. The molecule has 14 heavy (non-hydrogen) atoms. The number of hydrogen-bond donors (Lipinski definition) is 3. The molecule has 0 saturated heterocycles. The first-order valence-electron chi connectivity index (χ1n) is 5.40. The molecule has 0 atom stereocenters. The van der Waals surface area contributed by atoms with Crippen molar-refractivity contribution in [1.82, 2.24) is 10.6 Å². The molecular weight excluding hydrogens is 178 g/mol. The second kappa shape index (κ2) is 5.20. The maximum atomic E-state index is 11.3. The monoisotopic (exact) mass is 199 g/mol. The Balaban J connectivity index is 2.20. The normalized spacial score (nSPS) is 27.4. The highest BCUT2D eigenvalue weighted by Gasteiger charge is 2.19. The van der Waals surface area contributed by atoms with Gasteiger partial charge in [0.25, 0.3) is 0 Å². The van der Waals surface area contributed by atoms with Gasteiger partial charge >= 0.3 is 6.03 Å². The van der Waals surface area contributed by atoms with Gasteiger partial charge in [-0.1, -0.05) is 0 Å². The summed E-state index contributed by atoms with van der Waals surface area (Å²) in [6.45, 7) is 3.91. The molecule has 0 aromatic carbocycles. The molecule has 4 N–H and O–H groups in total. The molecule has 4 heteroatoms. The molecule has 2 amide bonds. The number of urea groups is 1. The number of nitrogens with two attached hydrogens (primary N) is 1. The largest absolute Gasteiger partial charge is 0.336 e. The zero-order chi connectivity index (χ0) is 10.6. The molecule has 1 saturated carbocycles. The van der Waals surface area contributed by atoms with Gasteiger partial charge in [-0.25, -0.2) is 4.79 Å². The van der Waals surface area contributed by atoms with E-state index in [9.17, 15) is 4.79 Å². The average Bonchev–Trinajstić information content (AvgIpc) is 2.07. The number of nitrogens with one attached hydrogen (secondary N) is 2. The van der Waals surface area contributed by atoms with E-state index in [0.29, 0.717) is 12.1 Å². The lowest BCUT2D eigenvalue weighted by Crippen LogP contribution is -2.46. The third-order valence-electron chi connectivity index (χ3n) is 2.53. The third kappa shape index (κ3) is 3.96. The van der Waals surface area contributed by atoms with E-state index in [1.165, 1.54) is 0 Å². The van der Waals surface area contributed by atoms with Crippen LogP contribution >= 0.6 is 0 Å². The molecule has 0 aromatic heterocycles. The van der Waals surface area contributed by atoms with E-state index in [0.717, 1.165) is 25.7 Å². The Bertz CT molecular complexity index is 186. The lowest BCUT2D eigenvalue weighted by molar-refractivity contribution is 0.229. The second-order valence-corrected chi connectivity index (χ2v) is 4.38. The summed E-state index contributed by atoms with van der Waals surface area (Å²) in [5.41, 5.74) is 5.78. The van der Waals surface area contributed by atoms with Gasteiger partial charge in [0.05, 0.1) is 0 Å². The smallest absolute Gasteiger partial charge is 0.315 e. The van der Waals surface area contributed by atoms with E-state index < -0.39 is 0 Å². The molecule has 0 heterocycles. The van der Waals surface area contributed by atoms with Crippen LogP contribution in [0.4, 0.5) is 4.79 Å². The SMILES string of the molecule is CC(C)NC(=O)NC1CCC(N)CC1. The summed E-state index contributed by atoms with van der Waals surface area (Å²) in [5.74, 6) is 0. The van der Waals surface area contributed by atoms with Gasteiger partial charge in [0.1, 0.15) is 0 Å². The van der Waals surface area contributed by atoms with Gasteiger partial charge in [0, 0.05) is 18.1 Å². The molecule has 0 spiro atoms. The summed E-state index contributed by atoms with van der Waals surface area (Å²) in [4.78, 5) is 11.3. The molecule has 0 bridgehead atoms. The molecule has 1 aliphatic rings. The molecule has 82 valence electrons. The van der Waals surface area contributed by atoms with Crippen LogP contribution in [0.2, 0.25) is 0 Å². The van der Waals surface area contributed by atoms with Gasteiger partial charge in [-0.3, -0.25) is 0 Å². The van der Waals surface area contributed by atoms with Crippen LogP contribution in [-0.4, -0.2) is 24.2 Å². The summed E-state index contributed by atoms with van der Waals surface area (Å²) < 4.78 is 0. The van der Waals surface area contributed by atoms with Crippen molar-refractivity contribution in [2.24, 2.45) is 5.73 Å². The van der Waals surface area contributed by atoms with Gasteiger partial charge < -0.3 is 16.4 Å². The van der Waals surface area contributed by atoms with E-state index in [1.807, 2.05) is 13.8 Å². The fourth-order valence-electron chi connectivity index (χ4n) is 1.75. The summed E-state index contributed by atoms with van der Waals surface area (Å²) in [6, 6.07) is 0.788. The fourth-order valence-corrected chi connectivity index (χ4v) is 1.75. The molecule has 0 unspecified atom stereocenters. The Morgan fingerprint density at radius 2 is 1.86 bits per heavy atom. The minimum absolute atomic E-state index is 0.0551. The topological polar surface area (TPSA) is 67.2 Å². The lowest BCUT2D eigenvalue weighted by Gasteiger charge is -2.27. The van der Waals surface area contributed by atoms with Crippen LogP contribution in [0.3, 0.4) is 0 Å². The number of amides is 2. The van der Waals surface area contributed by atoms with E-state index in [4.69, 9.17) is 5.73 Å². The zero-order valence-corrected chi connectivity index (χ0v) is 9.05. The van der Waals surface area contributed by atoms with Gasteiger partial charge in [0.15, 0.2) is 0 Å². The number of rotatable bonds is 2. The molecule has 1 aliphatic carbocycles. The highest BCUT2D eigenvalue weighted by molar-refractivity contribution is 5.74.